The van der Waals surface area contributed by atoms with Gasteiger partial charge in [-0.1, -0.05) is 13.8 Å². The largest absolute Gasteiger partial charge is 0.381 e. The van der Waals surface area contributed by atoms with Crippen LogP contribution in [0, 0.1) is 0 Å². The summed E-state index contributed by atoms with van der Waals surface area (Å²) in [6.07, 6.45) is 2.07. The van der Waals surface area contributed by atoms with Gasteiger partial charge in [0.2, 0.25) is 0 Å². The summed E-state index contributed by atoms with van der Waals surface area (Å²) in [6, 6.07) is 0.502. The van der Waals surface area contributed by atoms with Gasteiger partial charge >= 0.3 is 0 Å². The molecule has 0 amide bonds. The highest BCUT2D eigenvalue weighted by Crippen LogP contribution is 2.22. The summed E-state index contributed by atoms with van der Waals surface area (Å²) in [7, 11) is 0. The number of rotatable bonds is 3. The number of ether oxygens (including phenoxy) is 1. The standard InChI is InChI=1S/C9H18ClNO/c1-8(2)11-9(7-10)3-5-12-6-4-9/h8,11H,3-7H2,1-2H3. The molecule has 0 atom stereocenters. The first-order chi connectivity index (χ1) is 5.68. The second-order valence-electron chi connectivity index (χ2n) is 3.83. The third kappa shape index (κ3) is 2.61. The fourth-order valence-electron chi connectivity index (χ4n) is 1.69. The van der Waals surface area contributed by atoms with Crippen LogP contribution >= 0.6 is 11.6 Å². The van der Waals surface area contributed by atoms with Crippen LogP contribution in [0.5, 0.6) is 0 Å². The number of hydrogen-bond acceptors (Lipinski definition) is 2. The van der Waals surface area contributed by atoms with Crippen molar-refractivity contribution in [2.45, 2.75) is 38.3 Å². The van der Waals surface area contributed by atoms with Crippen molar-refractivity contribution < 1.29 is 4.74 Å². The van der Waals surface area contributed by atoms with Gasteiger partial charge in [-0.15, -0.1) is 11.6 Å². The highest BCUT2D eigenvalue weighted by atomic mass is 35.5. The van der Waals surface area contributed by atoms with Crippen LogP contribution < -0.4 is 5.32 Å². The summed E-state index contributed by atoms with van der Waals surface area (Å²) in [5, 5.41) is 3.53. The fraction of sp³-hybridized carbons (Fsp3) is 1.00. The first-order valence-corrected chi connectivity index (χ1v) is 5.13. The van der Waals surface area contributed by atoms with Gasteiger partial charge in [0.05, 0.1) is 0 Å². The predicted octanol–water partition coefficient (Wildman–Crippen LogP) is 1.77. The van der Waals surface area contributed by atoms with Crippen LogP contribution in [0.3, 0.4) is 0 Å². The average Bonchev–Trinajstić information content (AvgIpc) is 2.05. The Bertz CT molecular complexity index is 132. The molecule has 3 heteroatoms. The smallest absolute Gasteiger partial charge is 0.0484 e. The molecule has 1 heterocycles. The highest BCUT2D eigenvalue weighted by Gasteiger charge is 2.31. The van der Waals surface area contributed by atoms with Crippen molar-refractivity contribution in [1.82, 2.24) is 5.32 Å². The van der Waals surface area contributed by atoms with E-state index in [0.717, 1.165) is 26.1 Å². The van der Waals surface area contributed by atoms with Gasteiger partial charge in [-0.25, -0.2) is 0 Å². The molecule has 2 nitrogen and oxygen atoms in total. The number of hydrogen-bond donors (Lipinski definition) is 1. The van der Waals surface area contributed by atoms with Crippen LogP contribution in [0.2, 0.25) is 0 Å². The average molecular weight is 192 g/mol. The zero-order valence-corrected chi connectivity index (χ0v) is 8.66. The molecule has 0 bridgehead atoms. The minimum absolute atomic E-state index is 0.133. The Labute approximate surface area is 79.6 Å². The van der Waals surface area contributed by atoms with Gasteiger partial charge < -0.3 is 10.1 Å². The molecule has 1 fully saturated rings. The summed E-state index contributed by atoms with van der Waals surface area (Å²) in [6.45, 7) is 5.99. The molecule has 0 spiro atoms. The van der Waals surface area contributed by atoms with Gasteiger partial charge in [-0.3, -0.25) is 0 Å². The quantitative estimate of drug-likeness (QED) is 0.687. The molecular weight excluding hydrogens is 174 g/mol. The van der Waals surface area contributed by atoms with E-state index in [1.165, 1.54) is 0 Å². The van der Waals surface area contributed by atoms with Crippen LogP contribution in [0.15, 0.2) is 0 Å². The highest BCUT2D eigenvalue weighted by molar-refractivity contribution is 6.18. The first-order valence-electron chi connectivity index (χ1n) is 4.60. The van der Waals surface area contributed by atoms with E-state index in [9.17, 15) is 0 Å². The number of alkyl halides is 1. The van der Waals surface area contributed by atoms with E-state index in [1.54, 1.807) is 0 Å². The Balaban J connectivity index is 2.48. The topological polar surface area (TPSA) is 21.3 Å². The molecule has 0 aromatic rings. The molecule has 0 saturated carbocycles. The Morgan fingerprint density at radius 1 is 1.42 bits per heavy atom. The number of halogens is 1. The summed E-state index contributed by atoms with van der Waals surface area (Å²) in [5.74, 6) is 0.689. The SMILES string of the molecule is CC(C)NC1(CCl)CCOCC1. The molecule has 0 aromatic heterocycles. The van der Waals surface area contributed by atoms with Gasteiger partial charge in [0.1, 0.15) is 0 Å². The van der Waals surface area contributed by atoms with Crippen molar-refractivity contribution in [3.63, 3.8) is 0 Å². The molecule has 1 aliphatic rings. The lowest BCUT2D eigenvalue weighted by Gasteiger charge is -2.38. The normalized spacial score (nSPS) is 23.0. The maximum Gasteiger partial charge on any atom is 0.0484 e. The maximum atomic E-state index is 5.96. The van der Waals surface area contributed by atoms with Gasteiger partial charge in [-0.05, 0) is 12.8 Å². The monoisotopic (exact) mass is 191 g/mol. The maximum absolute atomic E-state index is 5.96. The molecule has 1 aliphatic heterocycles. The van der Waals surface area contributed by atoms with Crippen molar-refractivity contribution in [3.05, 3.63) is 0 Å². The molecule has 12 heavy (non-hydrogen) atoms. The third-order valence-electron chi connectivity index (χ3n) is 2.30. The van der Waals surface area contributed by atoms with E-state index in [0.29, 0.717) is 11.9 Å². The van der Waals surface area contributed by atoms with E-state index >= 15 is 0 Å². The van der Waals surface area contributed by atoms with E-state index in [4.69, 9.17) is 16.3 Å². The third-order valence-corrected chi connectivity index (χ3v) is 2.81. The molecule has 0 aromatic carbocycles. The molecule has 1 rings (SSSR count). The van der Waals surface area contributed by atoms with Crippen LogP contribution in [-0.2, 0) is 4.74 Å². The molecule has 0 unspecified atom stereocenters. The zero-order chi connectivity index (χ0) is 9.03. The summed E-state index contributed by atoms with van der Waals surface area (Å²) in [5.41, 5.74) is 0.133. The Kier molecular flexibility index (Phi) is 3.81. The van der Waals surface area contributed by atoms with Crippen LogP contribution in [0.4, 0.5) is 0 Å². The van der Waals surface area contributed by atoms with Crippen LogP contribution in [0.1, 0.15) is 26.7 Å². The number of nitrogens with one attached hydrogen (secondary N) is 1. The van der Waals surface area contributed by atoms with Gasteiger partial charge in [-0.2, -0.15) is 0 Å². The van der Waals surface area contributed by atoms with E-state index < -0.39 is 0 Å². The Hall–Kier alpha value is 0.210. The predicted molar refractivity (Wildman–Crippen MR) is 51.8 cm³/mol. The van der Waals surface area contributed by atoms with Crippen molar-refractivity contribution in [2.24, 2.45) is 0 Å². The lowest BCUT2D eigenvalue weighted by atomic mass is 9.91. The Morgan fingerprint density at radius 2 is 2.00 bits per heavy atom. The molecule has 72 valence electrons. The minimum atomic E-state index is 0.133. The second kappa shape index (κ2) is 4.45. The van der Waals surface area contributed by atoms with E-state index in [2.05, 4.69) is 19.2 Å². The summed E-state index contributed by atoms with van der Waals surface area (Å²) in [4.78, 5) is 0. The summed E-state index contributed by atoms with van der Waals surface area (Å²) >= 11 is 5.96. The van der Waals surface area contributed by atoms with Crippen molar-refractivity contribution in [1.29, 1.82) is 0 Å². The van der Waals surface area contributed by atoms with Gasteiger partial charge in [0.25, 0.3) is 0 Å². The summed E-state index contributed by atoms with van der Waals surface area (Å²) < 4.78 is 5.31. The molecular formula is C9H18ClNO. The lowest BCUT2D eigenvalue weighted by molar-refractivity contribution is 0.0435. The first kappa shape index (κ1) is 10.3. The van der Waals surface area contributed by atoms with E-state index in [1.807, 2.05) is 0 Å². The van der Waals surface area contributed by atoms with Crippen LogP contribution in [0.25, 0.3) is 0 Å². The van der Waals surface area contributed by atoms with Gasteiger partial charge in [0, 0.05) is 30.7 Å². The fourth-order valence-corrected chi connectivity index (χ4v) is 2.04. The molecule has 0 radical (unpaired) electrons. The zero-order valence-electron chi connectivity index (χ0n) is 7.90. The van der Waals surface area contributed by atoms with E-state index in [-0.39, 0.29) is 5.54 Å². The van der Waals surface area contributed by atoms with Crippen molar-refractivity contribution in [3.8, 4) is 0 Å². The van der Waals surface area contributed by atoms with Crippen molar-refractivity contribution >= 4 is 11.6 Å². The van der Waals surface area contributed by atoms with Crippen molar-refractivity contribution in [2.75, 3.05) is 19.1 Å². The lowest BCUT2D eigenvalue weighted by Crippen LogP contribution is -2.53. The van der Waals surface area contributed by atoms with Crippen LogP contribution in [-0.4, -0.2) is 30.7 Å². The minimum Gasteiger partial charge on any atom is -0.381 e. The second-order valence-corrected chi connectivity index (χ2v) is 4.09. The molecule has 1 N–H and O–H groups in total. The Morgan fingerprint density at radius 3 is 2.42 bits per heavy atom. The molecule has 1 saturated heterocycles. The van der Waals surface area contributed by atoms with Gasteiger partial charge in [0.15, 0.2) is 0 Å². The molecule has 0 aliphatic carbocycles.